The molecule has 0 amide bonds. The normalized spacial score (nSPS) is 29.4. The van der Waals surface area contributed by atoms with Gasteiger partial charge in [-0.25, -0.2) is 0 Å². The molecule has 4 heteroatoms. The fraction of sp³-hybridized carbons (Fsp3) is 0.474. The van der Waals surface area contributed by atoms with Gasteiger partial charge in [0.1, 0.15) is 0 Å². The first kappa shape index (κ1) is 15.6. The molecule has 2 aliphatic rings. The fourth-order valence-corrected chi connectivity index (χ4v) is 4.91. The SMILES string of the molecule is Cc1ccc(C)n1CC12CNCCC1(c1ccc(Cl)c(Cl)c1)C2. The number of rotatable bonds is 3. The van der Waals surface area contributed by atoms with Crippen LogP contribution in [-0.2, 0) is 12.0 Å². The molecular formula is C19H22Cl2N2. The minimum atomic E-state index is 0.246. The number of hydrogen-bond donors (Lipinski definition) is 1. The molecule has 2 aromatic rings. The summed E-state index contributed by atoms with van der Waals surface area (Å²) in [6.07, 6.45) is 2.40. The molecule has 1 N–H and O–H groups in total. The van der Waals surface area contributed by atoms with Crippen LogP contribution < -0.4 is 5.32 Å². The first-order valence-electron chi connectivity index (χ1n) is 8.26. The second-order valence-electron chi connectivity index (χ2n) is 7.30. The van der Waals surface area contributed by atoms with Crippen molar-refractivity contribution in [3.63, 3.8) is 0 Å². The Bertz CT molecular complexity index is 747. The Hall–Kier alpha value is -0.960. The van der Waals surface area contributed by atoms with Crippen molar-refractivity contribution in [1.82, 2.24) is 9.88 Å². The van der Waals surface area contributed by atoms with E-state index in [9.17, 15) is 0 Å². The van der Waals surface area contributed by atoms with Gasteiger partial charge in [-0.15, -0.1) is 0 Å². The number of fused-ring (bicyclic) bond motifs is 1. The quantitative estimate of drug-likeness (QED) is 0.847. The maximum atomic E-state index is 6.30. The van der Waals surface area contributed by atoms with Crippen LogP contribution in [0.3, 0.4) is 0 Å². The van der Waals surface area contributed by atoms with Gasteiger partial charge >= 0.3 is 0 Å². The van der Waals surface area contributed by atoms with Crippen molar-refractivity contribution < 1.29 is 0 Å². The van der Waals surface area contributed by atoms with Crippen LogP contribution >= 0.6 is 23.2 Å². The van der Waals surface area contributed by atoms with Gasteiger partial charge in [-0.3, -0.25) is 0 Å². The summed E-state index contributed by atoms with van der Waals surface area (Å²) < 4.78 is 2.46. The lowest BCUT2D eigenvalue weighted by molar-refractivity contribution is 0.282. The van der Waals surface area contributed by atoms with Crippen LogP contribution in [0.5, 0.6) is 0 Å². The summed E-state index contributed by atoms with van der Waals surface area (Å²) in [7, 11) is 0. The minimum absolute atomic E-state index is 0.246. The van der Waals surface area contributed by atoms with Crippen LogP contribution in [0.15, 0.2) is 30.3 Å². The Balaban J connectivity index is 1.72. The molecule has 1 saturated heterocycles. The largest absolute Gasteiger partial charge is 0.349 e. The number of hydrogen-bond acceptors (Lipinski definition) is 1. The summed E-state index contributed by atoms with van der Waals surface area (Å²) in [6, 6.07) is 10.6. The molecule has 2 atom stereocenters. The maximum absolute atomic E-state index is 6.30. The van der Waals surface area contributed by atoms with E-state index in [-0.39, 0.29) is 10.8 Å². The Morgan fingerprint density at radius 1 is 1.09 bits per heavy atom. The van der Waals surface area contributed by atoms with Gasteiger partial charge in [-0.1, -0.05) is 29.3 Å². The average molecular weight is 349 g/mol. The van der Waals surface area contributed by atoms with Crippen molar-refractivity contribution in [1.29, 1.82) is 0 Å². The van der Waals surface area contributed by atoms with Crippen molar-refractivity contribution in [3.05, 3.63) is 57.3 Å². The minimum Gasteiger partial charge on any atom is -0.349 e. The van der Waals surface area contributed by atoms with Crippen LogP contribution in [-0.4, -0.2) is 17.7 Å². The van der Waals surface area contributed by atoms with E-state index in [1.807, 2.05) is 6.07 Å². The van der Waals surface area contributed by atoms with Gasteiger partial charge in [-0.2, -0.15) is 0 Å². The molecule has 122 valence electrons. The van der Waals surface area contributed by atoms with Gasteiger partial charge in [0.2, 0.25) is 0 Å². The van der Waals surface area contributed by atoms with E-state index >= 15 is 0 Å². The summed E-state index contributed by atoms with van der Waals surface area (Å²) >= 11 is 12.4. The number of benzene rings is 1. The van der Waals surface area contributed by atoms with Crippen LogP contribution in [0.4, 0.5) is 0 Å². The third kappa shape index (κ3) is 2.26. The number of nitrogens with zero attached hydrogens (tertiary/aromatic N) is 1. The third-order valence-electron chi connectivity index (χ3n) is 6.07. The molecule has 2 fully saturated rings. The molecule has 4 rings (SSSR count). The van der Waals surface area contributed by atoms with Crippen LogP contribution in [0, 0.1) is 19.3 Å². The van der Waals surface area contributed by atoms with Gasteiger partial charge in [0.05, 0.1) is 10.0 Å². The molecule has 0 radical (unpaired) electrons. The molecule has 23 heavy (non-hydrogen) atoms. The lowest BCUT2D eigenvalue weighted by Gasteiger charge is -2.33. The van der Waals surface area contributed by atoms with Gasteiger partial charge in [0, 0.05) is 35.3 Å². The predicted octanol–water partition coefficient (Wildman–Crippen LogP) is 4.73. The lowest BCUT2D eigenvalue weighted by atomic mass is 9.80. The first-order chi connectivity index (χ1) is 11.0. The first-order valence-corrected chi connectivity index (χ1v) is 9.02. The van der Waals surface area contributed by atoms with E-state index in [2.05, 4.69) is 48.0 Å². The highest BCUT2D eigenvalue weighted by atomic mass is 35.5. The Labute approximate surface area is 147 Å². The zero-order chi connectivity index (χ0) is 16.2. The van der Waals surface area contributed by atoms with E-state index in [1.54, 1.807) is 0 Å². The standard InChI is InChI=1S/C19H22Cl2N2/c1-13-3-4-14(2)23(13)12-18-10-19(18,7-8-22-11-18)15-5-6-16(20)17(21)9-15/h3-6,9,22H,7-8,10-12H2,1-2H3. The number of halogens is 2. The summed E-state index contributed by atoms with van der Waals surface area (Å²) in [5.74, 6) is 0. The Morgan fingerprint density at radius 3 is 2.52 bits per heavy atom. The van der Waals surface area contributed by atoms with Gasteiger partial charge in [-0.05, 0) is 63.1 Å². The third-order valence-corrected chi connectivity index (χ3v) is 6.81. The van der Waals surface area contributed by atoms with Crippen molar-refractivity contribution >= 4 is 23.2 Å². The van der Waals surface area contributed by atoms with E-state index in [0.717, 1.165) is 19.6 Å². The molecule has 0 spiro atoms. The molecule has 0 bridgehead atoms. The number of aromatic nitrogens is 1. The lowest BCUT2D eigenvalue weighted by Crippen LogP contribution is -2.41. The van der Waals surface area contributed by atoms with Gasteiger partial charge in [0.25, 0.3) is 0 Å². The molecule has 2 heterocycles. The molecule has 1 saturated carbocycles. The molecular weight excluding hydrogens is 327 g/mol. The Morgan fingerprint density at radius 2 is 1.83 bits per heavy atom. The molecule has 1 aromatic carbocycles. The van der Waals surface area contributed by atoms with Crippen molar-refractivity contribution in [2.24, 2.45) is 5.41 Å². The predicted molar refractivity (Wildman–Crippen MR) is 96.6 cm³/mol. The fourth-order valence-electron chi connectivity index (χ4n) is 4.61. The van der Waals surface area contributed by atoms with E-state index in [4.69, 9.17) is 23.2 Å². The van der Waals surface area contributed by atoms with Gasteiger partial charge < -0.3 is 9.88 Å². The molecule has 1 aromatic heterocycles. The topological polar surface area (TPSA) is 17.0 Å². The van der Waals surface area contributed by atoms with Crippen LogP contribution in [0.1, 0.15) is 29.8 Å². The van der Waals surface area contributed by atoms with E-state index < -0.39 is 0 Å². The monoisotopic (exact) mass is 348 g/mol. The highest BCUT2D eigenvalue weighted by Gasteiger charge is 2.68. The van der Waals surface area contributed by atoms with Gasteiger partial charge in [0.15, 0.2) is 0 Å². The summed E-state index contributed by atoms with van der Waals surface area (Å²) in [6.45, 7) is 7.62. The molecule has 1 aliphatic carbocycles. The highest BCUT2D eigenvalue weighted by Crippen LogP contribution is 2.68. The molecule has 1 aliphatic heterocycles. The second-order valence-corrected chi connectivity index (χ2v) is 8.11. The van der Waals surface area contributed by atoms with Crippen LogP contribution in [0.25, 0.3) is 0 Å². The summed E-state index contributed by atoms with van der Waals surface area (Å²) in [5.41, 5.74) is 4.58. The highest BCUT2D eigenvalue weighted by molar-refractivity contribution is 6.42. The van der Waals surface area contributed by atoms with E-state index in [1.165, 1.54) is 29.8 Å². The number of piperidine rings is 1. The number of nitrogens with one attached hydrogen (secondary N) is 1. The molecule has 2 unspecified atom stereocenters. The number of aryl methyl sites for hydroxylation is 2. The Kier molecular flexibility index (Phi) is 3.57. The summed E-state index contributed by atoms with van der Waals surface area (Å²) in [5, 5.41) is 4.93. The summed E-state index contributed by atoms with van der Waals surface area (Å²) in [4.78, 5) is 0. The zero-order valence-corrected chi connectivity index (χ0v) is 15.1. The smallest absolute Gasteiger partial charge is 0.0595 e. The van der Waals surface area contributed by atoms with Crippen molar-refractivity contribution in [2.45, 2.75) is 38.6 Å². The van der Waals surface area contributed by atoms with Crippen molar-refractivity contribution in [3.8, 4) is 0 Å². The second kappa shape index (κ2) is 5.27. The average Bonchev–Trinajstić information content (AvgIpc) is 3.13. The maximum Gasteiger partial charge on any atom is 0.0595 e. The van der Waals surface area contributed by atoms with Crippen LogP contribution in [0.2, 0.25) is 10.0 Å². The molecule has 2 nitrogen and oxygen atoms in total. The van der Waals surface area contributed by atoms with Crippen molar-refractivity contribution in [2.75, 3.05) is 13.1 Å². The zero-order valence-electron chi connectivity index (χ0n) is 13.6. The van der Waals surface area contributed by atoms with E-state index in [0.29, 0.717) is 10.0 Å².